The molecular formula is C14H12F3N3OS. The minimum Gasteiger partial charge on any atom is -0.298 e. The van der Waals surface area contributed by atoms with E-state index < -0.39 is 17.8 Å². The summed E-state index contributed by atoms with van der Waals surface area (Å²) in [5.74, 6) is -0.494. The second kappa shape index (κ2) is 5.35. The molecule has 1 aliphatic rings. The van der Waals surface area contributed by atoms with E-state index in [1.807, 2.05) is 0 Å². The maximum atomic E-state index is 12.6. The minimum absolute atomic E-state index is 0.0384. The maximum absolute atomic E-state index is 12.6. The lowest BCUT2D eigenvalue weighted by Gasteiger charge is -2.09. The highest BCUT2D eigenvalue weighted by Gasteiger charge is 2.33. The average Bonchev–Trinajstić information content (AvgIpc) is 2.98. The number of amides is 1. The zero-order valence-corrected chi connectivity index (χ0v) is 12.4. The van der Waals surface area contributed by atoms with Crippen molar-refractivity contribution in [3.05, 3.63) is 39.7 Å². The normalized spacial score (nSPS) is 14.0. The zero-order valence-electron chi connectivity index (χ0n) is 11.6. The van der Waals surface area contributed by atoms with Crippen molar-refractivity contribution in [2.45, 2.75) is 32.4 Å². The van der Waals surface area contributed by atoms with Crippen molar-refractivity contribution < 1.29 is 18.0 Å². The molecule has 0 aromatic carbocycles. The van der Waals surface area contributed by atoms with E-state index in [0.717, 1.165) is 42.0 Å². The van der Waals surface area contributed by atoms with Crippen LogP contribution in [0.2, 0.25) is 0 Å². The van der Waals surface area contributed by atoms with Crippen LogP contribution in [0.4, 0.5) is 18.3 Å². The van der Waals surface area contributed by atoms with Gasteiger partial charge in [0.25, 0.3) is 5.91 Å². The summed E-state index contributed by atoms with van der Waals surface area (Å²) in [5.41, 5.74) is 0.150. The number of aryl methyl sites for hydroxylation is 3. The standard InChI is InChI=1S/C14H12F3N3OS/c1-7-8(5-6-11(18-7)14(15,16)17)12(21)20-13-19-9-3-2-4-10(9)22-13/h5-6H,2-4H2,1H3,(H,19,20,21). The molecule has 22 heavy (non-hydrogen) atoms. The van der Waals surface area contributed by atoms with Gasteiger partial charge in [-0.1, -0.05) is 0 Å². The van der Waals surface area contributed by atoms with E-state index in [0.29, 0.717) is 5.13 Å². The third-order valence-electron chi connectivity index (χ3n) is 3.44. The van der Waals surface area contributed by atoms with Crippen LogP contribution in [0.3, 0.4) is 0 Å². The van der Waals surface area contributed by atoms with Crippen molar-refractivity contribution >= 4 is 22.4 Å². The topological polar surface area (TPSA) is 54.9 Å². The number of rotatable bonds is 2. The van der Waals surface area contributed by atoms with Crippen LogP contribution in [0.15, 0.2) is 12.1 Å². The predicted octanol–water partition coefficient (Wildman–Crippen LogP) is 3.61. The molecule has 0 bridgehead atoms. The molecular weight excluding hydrogens is 315 g/mol. The molecule has 0 saturated heterocycles. The highest BCUT2D eigenvalue weighted by Crippen LogP contribution is 2.31. The fourth-order valence-electron chi connectivity index (χ4n) is 2.37. The monoisotopic (exact) mass is 327 g/mol. The molecule has 2 heterocycles. The molecule has 4 nitrogen and oxygen atoms in total. The Morgan fingerprint density at radius 1 is 1.27 bits per heavy atom. The van der Waals surface area contributed by atoms with Crippen LogP contribution in [0, 0.1) is 6.92 Å². The number of fused-ring (bicyclic) bond motifs is 1. The van der Waals surface area contributed by atoms with Gasteiger partial charge in [0.2, 0.25) is 0 Å². The van der Waals surface area contributed by atoms with E-state index in [1.54, 1.807) is 0 Å². The number of aromatic nitrogens is 2. The van der Waals surface area contributed by atoms with E-state index in [1.165, 1.54) is 18.3 Å². The molecule has 2 aromatic rings. The average molecular weight is 327 g/mol. The van der Waals surface area contributed by atoms with E-state index in [9.17, 15) is 18.0 Å². The van der Waals surface area contributed by atoms with Crippen LogP contribution in [0.25, 0.3) is 0 Å². The Hall–Kier alpha value is -1.96. The van der Waals surface area contributed by atoms with Crippen molar-refractivity contribution in [3.8, 4) is 0 Å². The molecule has 1 amide bonds. The van der Waals surface area contributed by atoms with Crippen molar-refractivity contribution in [1.29, 1.82) is 0 Å². The van der Waals surface area contributed by atoms with Gasteiger partial charge in [-0.2, -0.15) is 13.2 Å². The SMILES string of the molecule is Cc1nc(C(F)(F)F)ccc1C(=O)Nc1nc2c(s1)CCC2. The number of carbonyl (C=O) groups is 1. The summed E-state index contributed by atoms with van der Waals surface area (Å²) in [5, 5.41) is 3.11. The van der Waals surface area contributed by atoms with Gasteiger partial charge in [0.05, 0.1) is 17.0 Å². The quantitative estimate of drug-likeness (QED) is 0.917. The molecule has 8 heteroatoms. The number of hydrogen-bond donors (Lipinski definition) is 1. The summed E-state index contributed by atoms with van der Waals surface area (Å²) in [6.45, 7) is 1.38. The number of halogens is 3. The molecule has 0 aliphatic heterocycles. The number of thiazole rings is 1. The van der Waals surface area contributed by atoms with Crippen molar-refractivity contribution in [1.82, 2.24) is 9.97 Å². The van der Waals surface area contributed by atoms with Crippen molar-refractivity contribution in [2.75, 3.05) is 5.32 Å². The first-order chi connectivity index (χ1) is 10.3. The van der Waals surface area contributed by atoms with Gasteiger partial charge in [-0.05, 0) is 38.3 Å². The number of carbonyl (C=O) groups excluding carboxylic acids is 1. The predicted molar refractivity (Wildman–Crippen MR) is 76.1 cm³/mol. The number of nitrogens with zero attached hydrogens (tertiary/aromatic N) is 2. The number of hydrogen-bond acceptors (Lipinski definition) is 4. The number of alkyl halides is 3. The van der Waals surface area contributed by atoms with Gasteiger partial charge in [-0.3, -0.25) is 10.1 Å². The van der Waals surface area contributed by atoms with Crippen LogP contribution in [-0.2, 0) is 19.0 Å². The molecule has 1 aliphatic carbocycles. The fourth-order valence-corrected chi connectivity index (χ4v) is 3.41. The third-order valence-corrected chi connectivity index (χ3v) is 4.51. The van der Waals surface area contributed by atoms with Gasteiger partial charge in [0.15, 0.2) is 5.13 Å². The van der Waals surface area contributed by atoms with Gasteiger partial charge < -0.3 is 0 Å². The largest absolute Gasteiger partial charge is 0.433 e. The smallest absolute Gasteiger partial charge is 0.298 e. The van der Waals surface area contributed by atoms with Gasteiger partial charge in [0, 0.05) is 4.88 Å². The first-order valence-corrected chi connectivity index (χ1v) is 7.51. The molecule has 0 unspecified atom stereocenters. The zero-order chi connectivity index (χ0) is 15.9. The summed E-state index contributed by atoms with van der Waals surface area (Å²) in [6.07, 6.45) is -1.58. The Balaban J connectivity index is 1.80. The Bertz CT molecular complexity index is 718. The van der Waals surface area contributed by atoms with E-state index in [4.69, 9.17) is 0 Å². The summed E-state index contributed by atoms with van der Waals surface area (Å²) < 4.78 is 37.7. The summed E-state index contributed by atoms with van der Waals surface area (Å²) in [7, 11) is 0. The molecule has 116 valence electrons. The Kier molecular flexibility index (Phi) is 3.64. The second-order valence-corrected chi connectivity index (χ2v) is 6.11. The van der Waals surface area contributed by atoms with Crippen LogP contribution in [0.5, 0.6) is 0 Å². The summed E-state index contributed by atoms with van der Waals surface area (Å²) in [6, 6.07) is 1.95. The van der Waals surface area contributed by atoms with Crippen LogP contribution >= 0.6 is 11.3 Å². The number of nitrogens with one attached hydrogen (secondary N) is 1. The Morgan fingerprint density at radius 2 is 2.05 bits per heavy atom. The fraction of sp³-hybridized carbons (Fsp3) is 0.357. The molecule has 3 rings (SSSR count). The molecule has 0 radical (unpaired) electrons. The first kappa shape index (κ1) is 15.0. The summed E-state index contributed by atoms with van der Waals surface area (Å²) >= 11 is 1.41. The van der Waals surface area contributed by atoms with Gasteiger partial charge in [-0.15, -0.1) is 11.3 Å². The summed E-state index contributed by atoms with van der Waals surface area (Å²) in [4.78, 5) is 21.1. The van der Waals surface area contributed by atoms with E-state index in [2.05, 4.69) is 15.3 Å². The van der Waals surface area contributed by atoms with Crippen LogP contribution < -0.4 is 5.32 Å². The lowest BCUT2D eigenvalue weighted by atomic mass is 10.1. The van der Waals surface area contributed by atoms with Gasteiger partial charge in [0.1, 0.15) is 5.69 Å². The van der Waals surface area contributed by atoms with Crippen LogP contribution in [-0.4, -0.2) is 15.9 Å². The maximum Gasteiger partial charge on any atom is 0.433 e. The van der Waals surface area contributed by atoms with Gasteiger partial charge >= 0.3 is 6.18 Å². The Morgan fingerprint density at radius 3 is 2.68 bits per heavy atom. The second-order valence-electron chi connectivity index (χ2n) is 5.02. The molecule has 1 N–H and O–H groups in total. The molecule has 0 fully saturated rings. The first-order valence-electron chi connectivity index (χ1n) is 6.69. The lowest BCUT2D eigenvalue weighted by Crippen LogP contribution is -2.16. The Labute approximate surface area is 128 Å². The van der Waals surface area contributed by atoms with E-state index >= 15 is 0 Å². The van der Waals surface area contributed by atoms with Crippen LogP contribution in [0.1, 0.15) is 38.7 Å². The number of anilines is 1. The highest BCUT2D eigenvalue weighted by molar-refractivity contribution is 7.16. The minimum atomic E-state index is -4.52. The highest BCUT2D eigenvalue weighted by atomic mass is 32.1. The molecule has 0 spiro atoms. The molecule has 0 saturated carbocycles. The lowest BCUT2D eigenvalue weighted by molar-refractivity contribution is -0.141. The molecule has 0 atom stereocenters. The van der Waals surface area contributed by atoms with Gasteiger partial charge in [-0.25, -0.2) is 9.97 Å². The molecule has 2 aromatic heterocycles. The van der Waals surface area contributed by atoms with Crippen molar-refractivity contribution in [3.63, 3.8) is 0 Å². The van der Waals surface area contributed by atoms with E-state index in [-0.39, 0.29) is 11.3 Å². The number of pyridine rings is 1. The van der Waals surface area contributed by atoms with Crippen molar-refractivity contribution in [2.24, 2.45) is 0 Å². The third kappa shape index (κ3) is 2.83.